The van der Waals surface area contributed by atoms with Gasteiger partial charge in [-0.25, -0.2) is 0 Å². The molecule has 0 aliphatic carbocycles. The molecule has 17 heavy (non-hydrogen) atoms. The van der Waals surface area contributed by atoms with Gasteiger partial charge in [-0.05, 0) is 44.0 Å². The zero-order valence-electron chi connectivity index (χ0n) is 10.0. The quantitative estimate of drug-likeness (QED) is 0.727. The van der Waals surface area contributed by atoms with Crippen molar-refractivity contribution in [2.45, 2.75) is 20.8 Å². The number of benzene rings is 1. The molecule has 0 saturated carbocycles. The van der Waals surface area contributed by atoms with Crippen molar-refractivity contribution in [3.63, 3.8) is 0 Å². The summed E-state index contributed by atoms with van der Waals surface area (Å²) in [7, 11) is 0. The predicted molar refractivity (Wildman–Crippen MR) is 73.4 cm³/mol. The van der Waals surface area contributed by atoms with Crippen LogP contribution in [0.3, 0.4) is 0 Å². The summed E-state index contributed by atoms with van der Waals surface area (Å²) < 4.78 is 0.649. The topological polar surface area (TPSA) is 17.1 Å². The summed E-state index contributed by atoms with van der Waals surface area (Å²) in [6.07, 6.45) is 0. The minimum atomic E-state index is 0.0666. The highest BCUT2D eigenvalue weighted by atomic mass is 35.5. The summed E-state index contributed by atoms with van der Waals surface area (Å²) in [5, 5.41) is 0. The van der Waals surface area contributed by atoms with E-state index in [-0.39, 0.29) is 5.78 Å². The van der Waals surface area contributed by atoms with Gasteiger partial charge in [0.2, 0.25) is 5.78 Å². The van der Waals surface area contributed by atoms with E-state index in [1.165, 1.54) is 16.9 Å². The number of halogens is 1. The molecule has 0 amide bonds. The first kappa shape index (κ1) is 12.3. The van der Waals surface area contributed by atoms with E-state index in [9.17, 15) is 4.79 Å². The van der Waals surface area contributed by atoms with E-state index in [4.69, 9.17) is 11.6 Å². The molecule has 0 N–H and O–H groups in total. The third kappa shape index (κ3) is 2.43. The van der Waals surface area contributed by atoms with Crippen LogP contribution < -0.4 is 0 Å². The van der Waals surface area contributed by atoms with Crippen molar-refractivity contribution in [3.05, 3.63) is 55.7 Å². The second-order valence-corrected chi connectivity index (χ2v) is 5.92. The first-order chi connectivity index (χ1) is 7.99. The van der Waals surface area contributed by atoms with Gasteiger partial charge < -0.3 is 0 Å². The van der Waals surface area contributed by atoms with E-state index in [2.05, 4.69) is 0 Å². The van der Waals surface area contributed by atoms with Gasteiger partial charge in [0.15, 0.2) is 0 Å². The lowest BCUT2D eigenvalue weighted by molar-refractivity contribution is 0.104. The van der Waals surface area contributed by atoms with Gasteiger partial charge in [-0.15, -0.1) is 11.3 Å². The Morgan fingerprint density at radius 1 is 1.12 bits per heavy atom. The number of carbonyl (C=O) groups excluding carboxylic acids is 1. The number of rotatable bonds is 2. The van der Waals surface area contributed by atoms with E-state index < -0.39 is 0 Å². The van der Waals surface area contributed by atoms with Crippen LogP contribution in [-0.2, 0) is 0 Å². The second kappa shape index (κ2) is 4.63. The molecule has 0 atom stereocenters. The zero-order valence-corrected chi connectivity index (χ0v) is 11.6. The first-order valence-corrected chi connectivity index (χ1v) is 6.56. The molecule has 0 aliphatic rings. The second-order valence-electron chi connectivity index (χ2n) is 4.21. The number of hydrogen-bond donors (Lipinski definition) is 0. The highest BCUT2D eigenvalue weighted by molar-refractivity contribution is 7.18. The Morgan fingerprint density at radius 3 is 2.18 bits per heavy atom. The minimum Gasteiger partial charge on any atom is -0.288 e. The molecule has 0 unspecified atom stereocenters. The molecule has 1 aromatic heterocycles. The Morgan fingerprint density at radius 2 is 1.71 bits per heavy atom. The number of ketones is 1. The van der Waals surface area contributed by atoms with Crippen LogP contribution >= 0.6 is 22.9 Å². The highest BCUT2D eigenvalue weighted by Gasteiger charge is 2.16. The molecule has 0 fully saturated rings. The van der Waals surface area contributed by atoms with Crippen LogP contribution in [-0.4, -0.2) is 5.78 Å². The summed E-state index contributed by atoms with van der Waals surface area (Å²) in [5.74, 6) is 0.0666. The zero-order chi connectivity index (χ0) is 12.6. The average Bonchev–Trinajstić information content (AvgIpc) is 2.63. The predicted octanol–water partition coefficient (Wildman–Crippen LogP) is 4.56. The van der Waals surface area contributed by atoms with Crippen molar-refractivity contribution in [1.29, 1.82) is 0 Å². The summed E-state index contributed by atoms with van der Waals surface area (Å²) in [4.78, 5) is 13.1. The maximum Gasteiger partial charge on any atom is 0.203 e. The van der Waals surface area contributed by atoms with E-state index >= 15 is 0 Å². The molecular weight excluding hydrogens is 252 g/mol. The molecule has 1 nitrogen and oxygen atoms in total. The van der Waals surface area contributed by atoms with Gasteiger partial charge in [0, 0.05) is 5.56 Å². The van der Waals surface area contributed by atoms with Gasteiger partial charge in [0.25, 0.3) is 0 Å². The maximum absolute atomic E-state index is 12.4. The van der Waals surface area contributed by atoms with Crippen molar-refractivity contribution in [3.8, 4) is 0 Å². The molecule has 0 aliphatic heterocycles. The molecule has 0 saturated heterocycles. The van der Waals surface area contributed by atoms with Gasteiger partial charge in [-0.1, -0.05) is 29.3 Å². The monoisotopic (exact) mass is 264 g/mol. The van der Waals surface area contributed by atoms with Crippen molar-refractivity contribution >= 4 is 28.7 Å². The molecule has 0 bridgehead atoms. The lowest BCUT2D eigenvalue weighted by Gasteiger charge is -2.09. The molecule has 2 rings (SSSR count). The van der Waals surface area contributed by atoms with Crippen LogP contribution in [0.4, 0.5) is 0 Å². The van der Waals surface area contributed by atoms with Gasteiger partial charge >= 0.3 is 0 Å². The van der Waals surface area contributed by atoms with Crippen molar-refractivity contribution in [2.75, 3.05) is 0 Å². The van der Waals surface area contributed by atoms with Crippen LogP contribution in [0, 0.1) is 20.8 Å². The lowest BCUT2D eigenvalue weighted by atomic mass is 9.96. The van der Waals surface area contributed by atoms with Gasteiger partial charge in [-0.3, -0.25) is 4.79 Å². The van der Waals surface area contributed by atoms with Gasteiger partial charge in [-0.2, -0.15) is 0 Å². The minimum absolute atomic E-state index is 0.0666. The summed E-state index contributed by atoms with van der Waals surface area (Å²) in [5.41, 5.74) is 4.03. The van der Waals surface area contributed by atoms with Crippen molar-refractivity contribution in [1.82, 2.24) is 0 Å². The first-order valence-electron chi connectivity index (χ1n) is 5.37. The fourth-order valence-electron chi connectivity index (χ4n) is 2.10. The molecule has 0 radical (unpaired) electrons. The number of carbonyl (C=O) groups is 1. The van der Waals surface area contributed by atoms with E-state index in [1.807, 2.05) is 32.9 Å². The number of thiophene rings is 1. The molecular formula is C14H13ClOS. The molecule has 0 spiro atoms. The fourth-order valence-corrected chi connectivity index (χ4v) is 3.09. The Labute approximate surface area is 110 Å². The van der Waals surface area contributed by atoms with Crippen molar-refractivity contribution < 1.29 is 4.79 Å². The average molecular weight is 265 g/mol. The summed E-state index contributed by atoms with van der Waals surface area (Å²) in [6.45, 7) is 5.99. The normalized spacial score (nSPS) is 10.6. The number of hydrogen-bond acceptors (Lipinski definition) is 2. The Balaban J connectivity index is 2.51. The van der Waals surface area contributed by atoms with Crippen molar-refractivity contribution in [2.24, 2.45) is 0 Å². The largest absolute Gasteiger partial charge is 0.288 e. The molecule has 1 heterocycles. The summed E-state index contributed by atoms with van der Waals surface area (Å²) >= 11 is 7.19. The molecule has 3 heteroatoms. The van der Waals surface area contributed by atoms with E-state index in [0.29, 0.717) is 9.21 Å². The van der Waals surface area contributed by atoms with Crippen LogP contribution in [0.2, 0.25) is 4.34 Å². The Kier molecular flexibility index (Phi) is 3.36. The van der Waals surface area contributed by atoms with Crippen LogP contribution in [0.15, 0.2) is 24.3 Å². The molecule has 2 aromatic rings. The Bertz CT molecular complexity index is 561. The van der Waals surface area contributed by atoms with Crippen LogP contribution in [0.1, 0.15) is 31.9 Å². The third-order valence-electron chi connectivity index (χ3n) is 2.70. The number of aryl methyl sites for hydroxylation is 3. The van der Waals surface area contributed by atoms with Gasteiger partial charge in [0.05, 0.1) is 9.21 Å². The smallest absolute Gasteiger partial charge is 0.203 e. The Hall–Kier alpha value is -1.12. The summed E-state index contributed by atoms with van der Waals surface area (Å²) in [6, 6.07) is 7.62. The van der Waals surface area contributed by atoms with Gasteiger partial charge in [0.1, 0.15) is 0 Å². The SMILES string of the molecule is Cc1cc(C)c(C(=O)c2ccc(Cl)s2)c(C)c1. The molecule has 88 valence electrons. The molecule has 1 aromatic carbocycles. The van der Waals surface area contributed by atoms with Crippen LogP contribution in [0.5, 0.6) is 0 Å². The standard InChI is InChI=1S/C14H13ClOS/c1-8-6-9(2)13(10(3)7-8)14(16)11-4-5-12(15)17-11/h4-7H,1-3H3. The van der Waals surface area contributed by atoms with Crippen LogP contribution in [0.25, 0.3) is 0 Å². The third-order valence-corrected chi connectivity index (χ3v) is 3.93. The van der Waals surface area contributed by atoms with E-state index in [0.717, 1.165) is 16.7 Å². The maximum atomic E-state index is 12.4. The lowest BCUT2D eigenvalue weighted by Crippen LogP contribution is -2.04. The fraction of sp³-hybridized carbons (Fsp3) is 0.214. The highest BCUT2D eigenvalue weighted by Crippen LogP contribution is 2.26. The van der Waals surface area contributed by atoms with E-state index in [1.54, 1.807) is 12.1 Å².